The molecule has 114 valence electrons. The Hall–Kier alpha value is -0.960. The van der Waals surface area contributed by atoms with E-state index in [2.05, 4.69) is 18.6 Å². The van der Waals surface area contributed by atoms with Crippen LogP contribution in [0.5, 0.6) is 0 Å². The van der Waals surface area contributed by atoms with Gasteiger partial charge in [0.25, 0.3) is 0 Å². The van der Waals surface area contributed by atoms with E-state index in [1.54, 1.807) is 0 Å². The van der Waals surface area contributed by atoms with Crippen molar-refractivity contribution in [3.63, 3.8) is 0 Å². The van der Waals surface area contributed by atoms with Crippen molar-refractivity contribution in [1.82, 2.24) is 4.72 Å². The highest BCUT2D eigenvalue weighted by Crippen LogP contribution is 2.19. The Balaban J connectivity index is 2.39. The van der Waals surface area contributed by atoms with Crippen molar-refractivity contribution in [2.75, 3.05) is 19.8 Å². The Morgan fingerprint density at radius 1 is 1.45 bits per heavy atom. The third-order valence-electron chi connectivity index (χ3n) is 2.47. The van der Waals surface area contributed by atoms with Crippen LogP contribution in [0.3, 0.4) is 0 Å². The molecule has 0 amide bonds. The first-order valence-electron chi connectivity index (χ1n) is 6.22. The van der Waals surface area contributed by atoms with Crippen molar-refractivity contribution < 1.29 is 23.1 Å². The molecule has 1 rings (SSSR count). The van der Waals surface area contributed by atoms with Gasteiger partial charge in [-0.1, -0.05) is 13.8 Å². The predicted octanol–water partition coefficient (Wildman–Crippen LogP) is 1.79. The van der Waals surface area contributed by atoms with Gasteiger partial charge >= 0.3 is 5.97 Å². The molecule has 0 aliphatic carbocycles. The van der Waals surface area contributed by atoms with Crippen LogP contribution in [0, 0.1) is 5.92 Å². The third-order valence-corrected chi connectivity index (χ3v) is 5.37. The zero-order chi connectivity index (χ0) is 15.2. The number of rotatable bonds is 9. The van der Waals surface area contributed by atoms with E-state index < -0.39 is 16.0 Å². The summed E-state index contributed by atoms with van der Waals surface area (Å²) < 4.78 is 31.4. The molecular formula is C12H19NO5S2. The van der Waals surface area contributed by atoms with E-state index in [0.29, 0.717) is 19.1 Å². The summed E-state index contributed by atoms with van der Waals surface area (Å²) in [6, 6.07) is 1.15. The number of carboxylic acids is 1. The summed E-state index contributed by atoms with van der Waals surface area (Å²) in [6.07, 6.45) is 0.930. The molecule has 6 nitrogen and oxygen atoms in total. The molecule has 1 heterocycles. The van der Waals surface area contributed by atoms with Gasteiger partial charge in [0.2, 0.25) is 10.0 Å². The number of sulfonamides is 1. The Morgan fingerprint density at radius 3 is 2.70 bits per heavy atom. The van der Waals surface area contributed by atoms with Gasteiger partial charge < -0.3 is 9.84 Å². The minimum absolute atomic E-state index is 0.00270. The number of thiophene rings is 1. The summed E-state index contributed by atoms with van der Waals surface area (Å²) in [6.45, 7) is 5.23. The lowest BCUT2D eigenvalue weighted by atomic mass is 10.1. The van der Waals surface area contributed by atoms with Gasteiger partial charge in [0.05, 0.1) is 12.2 Å². The molecule has 1 aromatic heterocycles. The number of hydrogen-bond donors (Lipinski definition) is 2. The SMILES string of the molecule is CC(C)CCOCCNS(=O)(=O)c1cc(C(=O)O)cs1. The summed E-state index contributed by atoms with van der Waals surface area (Å²) in [4.78, 5) is 10.7. The zero-order valence-corrected chi connectivity index (χ0v) is 13.1. The molecule has 0 saturated carbocycles. The summed E-state index contributed by atoms with van der Waals surface area (Å²) in [5.41, 5.74) is -0.0245. The van der Waals surface area contributed by atoms with Crippen LogP contribution in [-0.4, -0.2) is 39.3 Å². The third kappa shape index (κ3) is 5.58. The second kappa shape index (κ2) is 7.72. The van der Waals surface area contributed by atoms with E-state index >= 15 is 0 Å². The number of carbonyl (C=O) groups is 1. The van der Waals surface area contributed by atoms with E-state index in [-0.39, 0.29) is 16.3 Å². The van der Waals surface area contributed by atoms with Crippen LogP contribution in [0.25, 0.3) is 0 Å². The van der Waals surface area contributed by atoms with Gasteiger partial charge in [0.1, 0.15) is 4.21 Å². The molecule has 0 saturated heterocycles. The highest BCUT2D eigenvalue weighted by molar-refractivity contribution is 7.91. The molecule has 0 aliphatic rings. The number of ether oxygens (including phenoxy) is 1. The van der Waals surface area contributed by atoms with Crippen molar-refractivity contribution in [1.29, 1.82) is 0 Å². The maximum Gasteiger partial charge on any atom is 0.336 e. The predicted molar refractivity (Wildman–Crippen MR) is 76.7 cm³/mol. The monoisotopic (exact) mass is 321 g/mol. The highest BCUT2D eigenvalue weighted by Gasteiger charge is 2.18. The molecule has 0 fully saturated rings. The van der Waals surface area contributed by atoms with Crippen molar-refractivity contribution in [2.24, 2.45) is 5.92 Å². The van der Waals surface area contributed by atoms with Crippen LogP contribution in [0.1, 0.15) is 30.6 Å². The average molecular weight is 321 g/mol. The highest BCUT2D eigenvalue weighted by atomic mass is 32.2. The lowest BCUT2D eigenvalue weighted by molar-refractivity contribution is 0.0697. The normalized spacial score (nSPS) is 11.9. The molecule has 0 unspecified atom stereocenters. The van der Waals surface area contributed by atoms with Crippen molar-refractivity contribution >= 4 is 27.3 Å². The first-order chi connectivity index (χ1) is 9.33. The number of aromatic carboxylic acids is 1. The molecule has 0 aliphatic heterocycles. The van der Waals surface area contributed by atoms with Gasteiger partial charge in [-0.25, -0.2) is 17.9 Å². The molecule has 0 aromatic carbocycles. The summed E-state index contributed by atoms with van der Waals surface area (Å²) in [5.74, 6) is -0.591. The van der Waals surface area contributed by atoms with E-state index in [1.807, 2.05) is 0 Å². The van der Waals surface area contributed by atoms with E-state index in [1.165, 1.54) is 5.38 Å². The smallest absolute Gasteiger partial charge is 0.336 e. The van der Waals surface area contributed by atoms with Gasteiger partial charge in [0, 0.05) is 18.5 Å². The minimum Gasteiger partial charge on any atom is -0.478 e. The zero-order valence-electron chi connectivity index (χ0n) is 11.5. The molecule has 0 radical (unpaired) electrons. The van der Waals surface area contributed by atoms with Gasteiger partial charge in [-0.2, -0.15) is 0 Å². The first-order valence-corrected chi connectivity index (χ1v) is 8.58. The number of hydrogen-bond acceptors (Lipinski definition) is 5. The van der Waals surface area contributed by atoms with Crippen molar-refractivity contribution in [2.45, 2.75) is 24.5 Å². The van der Waals surface area contributed by atoms with E-state index in [0.717, 1.165) is 23.8 Å². The first kappa shape index (κ1) is 17.1. The molecule has 8 heteroatoms. The molecule has 20 heavy (non-hydrogen) atoms. The van der Waals surface area contributed by atoms with Gasteiger partial charge in [-0.3, -0.25) is 0 Å². The van der Waals surface area contributed by atoms with Crippen LogP contribution >= 0.6 is 11.3 Å². The fraction of sp³-hybridized carbons (Fsp3) is 0.583. The summed E-state index contributed by atoms with van der Waals surface area (Å²) in [7, 11) is -3.65. The van der Waals surface area contributed by atoms with Crippen LogP contribution in [0.15, 0.2) is 15.7 Å². The molecule has 2 N–H and O–H groups in total. The molecule has 0 spiro atoms. The van der Waals surface area contributed by atoms with Crippen LogP contribution in [0.2, 0.25) is 0 Å². The second-order valence-corrected chi connectivity index (χ2v) is 7.56. The minimum atomic E-state index is -3.65. The van der Waals surface area contributed by atoms with Crippen LogP contribution in [0.4, 0.5) is 0 Å². The average Bonchev–Trinajstić information content (AvgIpc) is 2.83. The van der Waals surface area contributed by atoms with E-state index in [4.69, 9.17) is 9.84 Å². The maximum atomic E-state index is 11.9. The molecular weight excluding hydrogens is 302 g/mol. The lowest BCUT2D eigenvalue weighted by Crippen LogP contribution is -2.27. The quantitative estimate of drug-likeness (QED) is 0.676. The van der Waals surface area contributed by atoms with E-state index in [9.17, 15) is 13.2 Å². The van der Waals surface area contributed by atoms with Gasteiger partial charge in [0.15, 0.2) is 0 Å². The standard InChI is InChI=1S/C12H19NO5S2/c1-9(2)3-5-18-6-4-13-20(16,17)11-7-10(8-19-11)12(14)15/h7-9,13H,3-6H2,1-2H3,(H,14,15). The Bertz CT molecular complexity index is 536. The number of carboxylic acid groups (broad SMARTS) is 1. The van der Waals surface area contributed by atoms with Crippen LogP contribution < -0.4 is 4.72 Å². The fourth-order valence-corrected chi connectivity index (χ4v) is 3.52. The molecule has 0 bridgehead atoms. The molecule has 0 atom stereocenters. The Kier molecular flexibility index (Phi) is 6.60. The Labute approximate surface area is 122 Å². The van der Waals surface area contributed by atoms with Crippen LogP contribution in [-0.2, 0) is 14.8 Å². The molecule has 1 aromatic rings. The maximum absolute atomic E-state index is 11.9. The van der Waals surface area contributed by atoms with Crippen molar-refractivity contribution in [3.8, 4) is 0 Å². The topological polar surface area (TPSA) is 92.7 Å². The second-order valence-electron chi connectivity index (χ2n) is 4.65. The summed E-state index contributed by atoms with van der Waals surface area (Å²) >= 11 is 0.885. The fourth-order valence-electron chi connectivity index (χ4n) is 1.31. The Morgan fingerprint density at radius 2 is 2.15 bits per heavy atom. The van der Waals surface area contributed by atoms with Crippen molar-refractivity contribution in [3.05, 3.63) is 17.0 Å². The lowest BCUT2D eigenvalue weighted by Gasteiger charge is -2.07. The summed E-state index contributed by atoms with van der Waals surface area (Å²) in [5, 5.41) is 10.1. The van der Waals surface area contributed by atoms with Gasteiger partial charge in [-0.15, -0.1) is 11.3 Å². The number of nitrogens with one attached hydrogen (secondary N) is 1. The largest absolute Gasteiger partial charge is 0.478 e. The van der Waals surface area contributed by atoms with Gasteiger partial charge in [-0.05, 0) is 18.4 Å².